The van der Waals surface area contributed by atoms with Crippen molar-refractivity contribution in [1.29, 1.82) is 0 Å². The fourth-order valence-electron chi connectivity index (χ4n) is 2.54. The minimum atomic E-state index is 0.0280. The van der Waals surface area contributed by atoms with Crippen molar-refractivity contribution in [3.63, 3.8) is 0 Å². The van der Waals surface area contributed by atoms with Crippen molar-refractivity contribution < 1.29 is 10.2 Å². The van der Waals surface area contributed by atoms with Crippen LogP contribution in [0.4, 0.5) is 5.69 Å². The highest BCUT2D eigenvalue weighted by Crippen LogP contribution is 2.33. The van der Waals surface area contributed by atoms with E-state index >= 15 is 0 Å². The molecular formula is C16H11N3O2. The number of nitrogens with one attached hydrogen (secondary N) is 1. The summed E-state index contributed by atoms with van der Waals surface area (Å²) in [6, 6.07) is 10.8. The highest BCUT2D eigenvalue weighted by molar-refractivity contribution is 5.96. The predicted octanol–water partition coefficient (Wildman–Crippen LogP) is 1.70. The van der Waals surface area contributed by atoms with E-state index < -0.39 is 0 Å². The lowest BCUT2D eigenvalue weighted by Crippen LogP contribution is -2.06. The zero-order chi connectivity index (χ0) is 14.4. The molecule has 0 radical (unpaired) electrons. The molecule has 102 valence electrons. The van der Waals surface area contributed by atoms with Gasteiger partial charge in [-0.05, 0) is 35.6 Å². The van der Waals surface area contributed by atoms with Crippen molar-refractivity contribution in [2.75, 3.05) is 0 Å². The highest BCUT2D eigenvalue weighted by atomic mass is 16.3. The Morgan fingerprint density at radius 2 is 2.00 bits per heavy atom. The maximum Gasteiger partial charge on any atom is 0.197 e. The van der Waals surface area contributed by atoms with Gasteiger partial charge in [-0.3, -0.25) is 0 Å². The molecule has 0 saturated carbocycles. The zero-order valence-electron chi connectivity index (χ0n) is 10.9. The van der Waals surface area contributed by atoms with Crippen LogP contribution in [-0.4, -0.2) is 21.5 Å². The first-order valence-corrected chi connectivity index (χ1v) is 6.47. The second-order valence-corrected chi connectivity index (χ2v) is 4.85. The van der Waals surface area contributed by atoms with Crippen molar-refractivity contribution in [2.24, 2.45) is 9.98 Å². The smallest absolute Gasteiger partial charge is 0.197 e. The molecule has 2 heterocycles. The number of aromatic amines is 1. The number of aliphatic imine (C=N–C) groups is 1. The summed E-state index contributed by atoms with van der Waals surface area (Å²) in [6.45, 7) is 0. The van der Waals surface area contributed by atoms with E-state index in [1.54, 1.807) is 18.2 Å². The number of phenolic OH excluding ortho intramolecular Hbond substituents is 1. The van der Waals surface area contributed by atoms with Crippen LogP contribution in [0.1, 0.15) is 5.56 Å². The molecule has 0 amide bonds. The van der Waals surface area contributed by atoms with Crippen LogP contribution in [0.2, 0.25) is 0 Å². The fraction of sp³-hybridized carbons (Fsp3) is 0. The van der Waals surface area contributed by atoms with Gasteiger partial charge in [-0.1, -0.05) is 12.1 Å². The molecule has 0 bridgehead atoms. The number of benzene rings is 2. The summed E-state index contributed by atoms with van der Waals surface area (Å²) in [5.41, 5.74) is 2.04. The first kappa shape index (κ1) is 11.7. The molecule has 3 aromatic rings. The topological polar surface area (TPSA) is 81.0 Å². The number of fused-ring (bicyclic) bond motifs is 2. The molecule has 21 heavy (non-hydrogen) atoms. The molecule has 5 nitrogen and oxygen atoms in total. The molecule has 0 saturated heterocycles. The van der Waals surface area contributed by atoms with Gasteiger partial charge < -0.3 is 15.2 Å². The molecular weight excluding hydrogens is 266 g/mol. The van der Waals surface area contributed by atoms with Crippen LogP contribution >= 0.6 is 0 Å². The molecule has 5 heteroatoms. The molecule has 0 unspecified atom stereocenters. The van der Waals surface area contributed by atoms with Gasteiger partial charge in [0, 0.05) is 5.56 Å². The first-order chi connectivity index (χ1) is 10.2. The van der Waals surface area contributed by atoms with Crippen LogP contribution in [0, 0.1) is 0 Å². The molecule has 4 rings (SSSR count). The van der Waals surface area contributed by atoms with Crippen LogP contribution in [0.25, 0.3) is 17.0 Å². The van der Waals surface area contributed by atoms with E-state index in [0.29, 0.717) is 16.5 Å². The fourth-order valence-corrected chi connectivity index (χ4v) is 2.54. The minimum absolute atomic E-state index is 0.0280. The Kier molecular flexibility index (Phi) is 2.35. The Morgan fingerprint density at radius 3 is 2.90 bits per heavy atom. The molecule has 2 aromatic carbocycles. The highest BCUT2D eigenvalue weighted by Gasteiger charge is 2.11. The third kappa shape index (κ3) is 1.79. The molecule has 1 aromatic heterocycles. The minimum Gasteiger partial charge on any atom is -0.507 e. The van der Waals surface area contributed by atoms with E-state index in [1.165, 1.54) is 6.34 Å². The largest absolute Gasteiger partial charge is 0.507 e. The van der Waals surface area contributed by atoms with Gasteiger partial charge in [0.25, 0.3) is 0 Å². The van der Waals surface area contributed by atoms with Gasteiger partial charge >= 0.3 is 0 Å². The van der Waals surface area contributed by atoms with E-state index in [4.69, 9.17) is 0 Å². The Hall–Kier alpha value is -3.08. The number of H-pyrrole nitrogens is 1. The van der Waals surface area contributed by atoms with Gasteiger partial charge in [-0.15, -0.1) is 0 Å². The van der Waals surface area contributed by atoms with Crippen molar-refractivity contribution in [2.45, 2.75) is 0 Å². The van der Waals surface area contributed by atoms with Crippen LogP contribution in [0.5, 0.6) is 11.6 Å². The summed E-state index contributed by atoms with van der Waals surface area (Å²) in [5.74, 6) is 0.157. The summed E-state index contributed by atoms with van der Waals surface area (Å²) in [6.07, 6.45) is 3.32. The lowest BCUT2D eigenvalue weighted by Gasteiger charge is -1.97. The molecule has 3 N–H and O–H groups in total. The van der Waals surface area contributed by atoms with Gasteiger partial charge in [0.15, 0.2) is 5.88 Å². The van der Waals surface area contributed by atoms with E-state index in [1.807, 2.05) is 24.3 Å². The third-order valence-corrected chi connectivity index (χ3v) is 3.52. The van der Waals surface area contributed by atoms with Crippen molar-refractivity contribution >= 4 is 29.0 Å². The van der Waals surface area contributed by atoms with Gasteiger partial charge in [-0.2, -0.15) is 0 Å². The second kappa shape index (κ2) is 4.21. The summed E-state index contributed by atoms with van der Waals surface area (Å²) in [4.78, 5) is 11.1. The molecule has 1 aliphatic heterocycles. The van der Waals surface area contributed by atoms with E-state index in [2.05, 4.69) is 15.0 Å². The Morgan fingerprint density at radius 1 is 1.10 bits per heavy atom. The number of rotatable bonds is 1. The number of phenols is 1. The third-order valence-electron chi connectivity index (χ3n) is 3.52. The number of hydrogen-bond donors (Lipinski definition) is 3. The quantitative estimate of drug-likeness (QED) is 0.633. The Labute approximate surface area is 119 Å². The monoisotopic (exact) mass is 277 g/mol. The van der Waals surface area contributed by atoms with E-state index in [9.17, 15) is 10.2 Å². The summed E-state index contributed by atoms with van der Waals surface area (Å²) >= 11 is 0. The number of aromatic hydroxyl groups is 2. The van der Waals surface area contributed by atoms with Gasteiger partial charge in [-0.25, -0.2) is 9.98 Å². The van der Waals surface area contributed by atoms with Gasteiger partial charge in [0.2, 0.25) is 0 Å². The van der Waals surface area contributed by atoms with Crippen LogP contribution in [0.15, 0.2) is 46.4 Å². The van der Waals surface area contributed by atoms with Crippen LogP contribution < -0.4 is 10.6 Å². The van der Waals surface area contributed by atoms with E-state index in [0.717, 1.165) is 16.3 Å². The predicted molar refractivity (Wildman–Crippen MR) is 80.6 cm³/mol. The first-order valence-electron chi connectivity index (χ1n) is 6.47. The van der Waals surface area contributed by atoms with E-state index in [-0.39, 0.29) is 11.6 Å². The molecule has 0 fully saturated rings. The average molecular weight is 277 g/mol. The van der Waals surface area contributed by atoms with Gasteiger partial charge in [0.1, 0.15) is 12.1 Å². The van der Waals surface area contributed by atoms with Crippen molar-refractivity contribution in [3.8, 4) is 11.6 Å². The molecule has 0 atom stereocenters. The maximum absolute atomic E-state index is 10.1. The Bertz CT molecular complexity index is 1020. The number of aromatic nitrogens is 1. The van der Waals surface area contributed by atoms with Gasteiger partial charge in [0.05, 0.1) is 21.9 Å². The number of nitrogens with zero attached hydrogens (tertiary/aromatic N) is 2. The SMILES string of the molecule is Oc1[nH]c2cccc(O)c2c1/C=c1/ccc2c(c1)N=CN=2. The zero-order valence-corrected chi connectivity index (χ0v) is 10.9. The van der Waals surface area contributed by atoms with Crippen LogP contribution in [0.3, 0.4) is 0 Å². The average Bonchev–Trinajstić information content (AvgIpc) is 3.04. The lowest BCUT2D eigenvalue weighted by atomic mass is 10.1. The number of hydrogen-bond acceptors (Lipinski definition) is 4. The van der Waals surface area contributed by atoms with Crippen LogP contribution in [-0.2, 0) is 0 Å². The maximum atomic E-state index is 10.1. The molecule has 0 aliphatic carbocycles. The Balaban J connectivity index is 2.00. The summed E-state index contributed by atoms with van der Waals surface area (Å²) < 4.78 is 0. The standard InChI is InChI=1S/C16H11N3O2/c20-14-3-1-2-12-15(14)10(16(21)19-12)6-9-4-5-11-13(7-9)18-8-17-11/h1-8,19-21H/b9-6-. The summed E-state index contributed by atoms with van der Waals surface area (Å²) in [5, 5.41) is 22.4. The van der Waals surface area contributed by atoms with Crippen molar-refractivity contribution in [3.05, 3.63) is 52.5 Å². The molecule has 0 spiro atoms. The second-order valence-electron chi connectivity index (χ2n) is 4.85. The summed E-state index contributed by atoms with van der Waals surface area (Å²) in [7, 11) is 0. The normalized spacial score (nSPS) is 13.6. The lowest BCUT2D eigenvalue weighted by molar-refractivity contribution is 0.456. The molecule has 1 aliphatic rings. The van der Waals surface area contributed by atoms with Crippen molar-refractivity contribution in [1.82, 2.24) is 4.98 Å².